The third-order valence-corrected chi connectivity index (χ3v) is 4.98. The predicted molar refractivity (Wildman–Crippen MR) is 87.1 cm³/mol. The van der Waals surface area contributed by atoms with Gasteiger partial charge in [0, 0.05) is 11.0 Å². The number of hydrogen-bond donors (Lipinski definition) is 1. The summed E-state index contributed by atoms with van der Waals surface area (Å²) >= 11 is 3.57. The van der Waals surface area contributed by atoms with Crippen molar-refractivity contribution >= 4 is 33.4 Å². The molecule has 5 heteroatoms. The number of nitrogens with one attached hydrogen (secondary N) is 1. The van der Waals surface area contributed by atoms with Crippen molar-refractivity contribution in [2.45, 2.75) is 13.0 Å². The SMILES string of the molecule is O=C1c2ccccc2C(=O)N1c1ccc(Br)c2c1CNCC2. The molecule has 0 aromatic heterocycles. The Morgan fingerprint density at radius 1 is 0.955 bits per heavy atom. The molecule has 0 unspecified atom stereocenters. The number of nitrogens with zero attached hydrogens (tertiary/aromatic N) is 1. The lowest BCUT2D eigenvalue weighted by atomic mass is 9.98. The van der Waals surface area contributed by atoms with Crippen LogP contribution in [0.2, 0.25) is 0 Å². The van der Waals surface area contributed by atoms with Crippen LogP contribution >= 0.6 is 15.9 Å². The molecule has 0 fully saturated rings. The van der Waals surface area contributed by atoms with E-state index in [-0.39, 0.29) is 11.8 Å². The lowest BCUT2D eigenvalue weighted by Gasteiger charge is -2.25. The summed E-state index contributed by atoms with van der Waals surface area (Å²) in [5.41, 5.74) is 3.85. The Morgan fingerprint density at radius 2 is 1.64 bits per heavy atom. The number of carbonyl (C=O) groups excluding carboxylic acids is 2. The molecule has 0 atom stereocenters. The number of benzene rings is 2. The summed E-state index contributed by atoms with van der Waals surface area (Å²) < 4.78 is 1.03. The number of carbonyl (C=O) groups is 2. The molecule has 0 bridgehead atoms. The molecule has 2 heterocycles. The van der Waals surface area contributed by atoms with Gasteiger partial charge in [0.05, 0.1) is 16.8 Å². The van der Waals surface area contributed by atoms with Gasteiger partial charge >= 0.3 is 0 Å². The van der Waals surface area contributed by atoms with Gasteiger partial charge in [0.2, 0.25) is 0 Å². The first kappa shape index (κ1) is 13.7. The van der Waals surface area contributed by atoms with Gasteiger partial charge in [0.25, 0.3) is 11.8 Å². The maximum absolute atomic E-state index is 12.7. The van der Waals surface area contributed by atoms with Crippen molar-refractivity contribution in [2.24, 2.45) is 0 Å². The number of hydrogen-bond acceptors (Lipinski definition) is 3. The van der Waals surface area contributed by atoms with E-state index < -0.39 is 0 Å². The van der Waals surface area contributed by atoms with Gasteiger partial charge in [-0.25, -0.2) is 4.90 Å². The monoisotopic (exact) mass is 356 g/mol. The van der Waals surface area contributed by atoms with E-state index in [1.165, 1.54) is 10.5 Å². The molecular formula is C17H13BrN2O2. The summed E-state index contributed by atoms with van der Waals surface area (Å²) in [7, 11) is 0. The molecule has 22 heavy (non-hydrogen) atoms. The first-order valence-electron chi connectivity index (χ1n) is 7.17. The smallest absolute Gasteiger partial charge is 0.266 e. The molecule has 2 aromatic carbocycles. The predicted octanol–water partition coefficient (Wildman–Crippen LogP) is 2.90. The standard InChI is InChI=1S/C17H13BrN2O2/c18-14-5-6-15(13-9-19-8-7-10(13)14)20-16(21)11-3-1-2-4-12(11)17(20)22/h1-6,19H,7-9H2. The van der Waals surface area contributed by atoms with Gasteiger partial charge in [-0.3, -0.25) is 9.59 Å². The van der Waals surface area contributed by atoms with E-state index in [1.807, 2.05) is 12.1 Å². The highest BCUT2D eigenvalue weighted by Gasteiger charge is 2.38. The van der Waals surface area contributed by atoms with E-state index in [4.69, 9.17) is 0 Å². The average Bonchev–Trinajstić information content (AvgIpc) is 2.81. The topological polar surface area (TPSA) is 49.4 Å². The van der Waals surface area contributed by atoms with Gasteiger partial charge in [0.1, 0.15) is 0 Å². The van der Waals surface area contributed by atoms with E-state index in [1.54, 1.807) is 24.3 Å². The first-order chi connectivity index (χ1) is 10.7. The summed E-state index contributed by atoms with van der Waals surface area (Å²) in [5.74, 6) is -0.480. The summed E-state index contributed by atoms with van der Waals surface area (Å²) in [6.45, 7) is 1.56. The van der Waals surface area contributed by atoms with E-state index in [0.717, 1.165) is 23.0 Å². The highest BCUT2D eigenvalue weighted by Crippen LogP contribution is 2.36. The van der Waals surface area contributed by atoms with Crippen molar-refractivity contribution in [2.75, 3.05) is 11.4 Å². The normalized spacial score (nSPS) is 16.7. The summed E-state index contributed by atoms with van der Waals surface area (Å²) in [5, 5.41) is 3.31. The number of fused-ring (bicyclic) bond motifs is 2. The molecular weight excluding hydrogens is 344 g/mol. The molecule has 2 aromatic rings. The average molecular weight is 357 g/mol. The molecule has 4 nitrogen and oxygen atoms in total. The minimum Gasteiger partial charge on any atom is -0.312 e. The van der Waals surface area contributed by atoms with Gasteiger partial charge in [-0.1, -0.05) is 28.1 Å². The first-order valence-corrected chi connectivity index (χ1v) is 7.96. The second kappa shape index (κ2) is 5.04. The molecule has 0 saturated heterocycles. The molecule has 0 aliphatic carbocycles. The molecule has 0 saturated carbocycles. The third-order valence-electron chi connectivity index (χ3n) is 4.24. The summed E-state index contributed by atoms with van der Waals surface area (Å²) in [4.78, 5) is 26.6. The van der Waals surface area contributed by atoms with Crippen LogP contribution in [-0.4, -0.2) is 18.4 Å². The Balaban J connectivity index is 1.88. The molecule has 1 N–H and O–H groups in total. The lowest BCUT2D eigenvalue weighted by Crippen LogP contribution is -2.33. The van der Waals surface area contributed by atoms with Crippen molar-refractivity contribution in [1.29, 1.82) is 0 Å². The van der Waals surface area contributed by atoms with E-state index in [9.17, 15) is 9.59 Å². The third kappa shape index (κ3) is 1.86. The second-order valence-corrected chi connectivity index (χ2v) is 6.30. The summed E-state index contributed by atoms with van der Waals surface area (Å²) in [6.07, 6.45) is 0.882. The molecule has 110 valence electrons. The van der Waals surface area contributed by atoms with Crippen molar-refractivity contribution in [1.82, 2.24) is 5.32 Å². The van der Waals surface area contributed by atoms with Crippen molar-refractivity contribution < 1.29 is 9.59 Å². The number of anilines is 1. The molecule has 4 rings (SSSR count). The van der Waals surface area contributed by atoms with Crippen LogP contribution in [0.3, 0.4) is 0 Å². The molecule has 2 aliphatic rings. The van der Waals surface area contributed by atoms with Gasteiger partial charge in [-0.05, 0) is 48.4 Å². The van der Waals surface area contributed by atoms with Crippen LogP contribution < -0.4 is 10.2 Å². The molecule has 0 spiro atoms. The van der Waals surface area contributed by atoms with E-state index >= 15 is 0 Å². The summed E-state index contributed by atoms with van der Waals surface area (Å²) in [6, 6.07) is 10.7. The van der Waals surface area contributed by atoms with Gasteiger partial charge < -0.3 is 5.32 Å². The number of imide groups is 1. The van der Waals surface area contributed by atoms with Crippen LogP contribution in [0.4, 0.5) is 5.69 Å². The largest absolute Gasteiger partial charge is 0.312 e. The molecule has 2 aliphatic heterocycles. The fraction of sp³-hybridized carbons (Fsp3) is 0.176. The van der Waals surface area contributed by atoms with Crippen molar-refractivity contribution in [3.8, 4) is 0 Å². The Labute approximate surface area is 136 Å². The highest BCUT2D eigenvalue weighted by molar-refractivity contribution is 9.10. The van der Waals surface area contributed by atoms with Crippen LogP contribution in [-0.2, 0) is 13.0 Å². The zero-order chi connectivity index (χ0) is 15.3. The lowest BCUT2D eigenvalue weighted by molar-refractivity contribution is 0.0926. The quantitative estimate of drug-likeness (QED) is 0.799. The van der Waals surface area contributed by atoms with Crippen LogP contribution in [0.1, 0.15) is 31.8 Å². The number of halogens is 1. The van der Waals surface area contributed by atoms with Gasteiger partial charge in [-0.2, -0.15) is 0 Å². The zero-order valence-corrected chi connectivity index (χ0v) is 13.3. The van der Waals surface area contributed by atoms with Crippen molar-refractivity contribution in [3.05, 3.63) is 63.1 Å². The number of amides is 2. The van der Waals surface area contributed by atoms with E-state index in [0.29, 0.717) is 23.4 Å². The van der Waals surface area contributed by atoms with Gasteiger partial charge in [0.15, 0.2) is 0 Å². The van der Waals surface area contributed by atoms with Crippen LogP contribution in [0.15, 0.2) is 40.9 Å². The van der Waals surface area contributed by atoms with Crippen molar-refractivity contribution in [3.63, 3.8) is 0 Å². The second-order valence-electron chi connectivity index (χ2n) is 5.44. The zero-order valence-electron chi connectivity index (χ0n) is 11.7. The fourth-order valence-electron chi connectivity index (χ4n) is 3.16. The van der Waals surface area contributed by atoms with Crippen LogP contribution in [0.25, 0.3) is 0 Å². The Hall–Kier alpha value is -1.98. The number of rotatable bonds is 1. The molecule has 0 radical (unpaired) electrons. The Bertz CT molecular complexity index is 781. The van der Waals surface area contributed by atoms with Gasteiger partial charge in [-0.15, -0.1) is 0 Å². The maximum Gasteiger partial charge on any atom is 0.266 e. The highest BCUT2D eigenvalue weighted by atomic mass is 79.9. The van der Waals surface area contributed by atoms with Crippen LogP contribution in [0, 0.1) is 0 Å². The maximum atomic E-state index is 12.7. The van der Waals surface area contributed by atoms with E-state index in [2.05, 4.69) is 21.2 Å². The minimum absolute atomic E-state index is 0.240. The molecule has 2 amide bonds. The van der Waals surface area contributed by atoms with Crippen LogP contribution in [0.5, 0.6) is 0 Å². The Kier molecular flexibility index (Phi) is 3.13. The fourth-order valence-corrected chi connectivity index (χ4v) is 3.73. The Morgan fingerprint density at radius 3 is 2.32 bits per heavy atom. The minimum atomic E-state index is -0.240.